The van der Waals surface area contributed by atoms with Gasteiger partial charge in [-0.3, -0.25) is 19.2 Å². The van der Waals surface area contributed by atoms with Crippen molar-refractivity contribution in [3.63, 3.8) is 0 Å². The molecule has 0 unspecified atom stereocenters. The second-order valence-electron chi connectivity index (χ2n) is 6.88. The molecule has 0 saturated carbocycles. The largest absolute Gasteiger partial charge is 0.495 e. The van der Waals surface area contributed by atoms with E-state index in [9.17, 15) is 19.2 Å². The Balaban J connectivity index is 2.42. The molecule has 1 aromatic heterocycles. The van der Waals surface area contributed by atoms with E-state index in [2.05, 4.69) is 0 Å². The molecule has 1 heterocycles. The minimum atomic E-state index is -0.770. The van der Waals surface area contributed by atoms with E-state index in [1.54, 1.807) is 24.3 Å². The normalized spacial score (nSPS) is 11.6. The highest BCUT2D eigenvalue weighted by Gasteiger charge is 2.28. The third-order valence-corrected chi connectivity index (χ3v) is 5.33. The zero-order chi connectivity index (χ0) is 20.9. The molecule has 0 aliphatic rings. The number of aromatic nitrogens is 1. The van der Waals surface area contributed by atoms with Crippen molar-refractivity contribution in [2.24, 2.45) is 0 Å². The van der Waals surface area contributed by atoms with E-state index in [1.807, 2.05) is 6.92 Å². The molecule has 4 aromatic rings. The van der Waals surface area contributed by atoms with Crippen LogP contribution in [0.4, 0.5) is 0 Å². The smallest absolute Gasteiger partial charge is 0.299 e. The average molecular weight is 393 g/mol. The molecule has 0 saturated heterocycles. The van der Waals surface area contributed by atoms with Gasteiger partial charge in [-0.1, -0.05) is 37.6 Å². The predicted molar refractivity (Wildman–Crippen MR) is 112 cm³/mol. The molecule has 0 spiro atoms. The van der Waals surface area contributed by atoms with Gasteiger partial charge >= 0.3 is 0 Å². The molecule has 0 N–H and O–H groups in total. The fourth-order valence-electron chi connectivity index (χ4n) is 4.00. The number of nitrogens with zero attached hydrogens (tertiary/aromatic N) is 1. The number of hydrogen-bond acceptors (Lipinski definition) is 6. The Morgan fingerprint density at radius 1 is 0.793 bits per heavy atom. The van der Waals surface area contributed by atoms with Crippen LogP contribution in [0.5, 0.6) is 11.5 Å². The van der Waals surface area contributed by atoms with Crippen molar-refractivity contribution < 1.29 is 9.47 Å². The van der Waals surface area contributed by atoms with Crippen molar-refractivity contribution in [3.8, 4) is 11.5 Å². The molecule has 0 radical (unpaired) electrons. The Morgan fingerprint density at radius 2 is 1.34 bits per heavy atom. The van der Waals surface area contributed by atoms with Gasteiger partial charge in [-0.2, -0.15) is 0 Å². The van der Waals surface area contributed by atoms with E-state index < -0.39 is 21.8 Å². The second-order valence-corrected chi connectivity index (χ2v) is 6.88. The molecule has 0 bridgehead atoms. The maximum atomic E-state index is 13.3. The van der Waals surface area contributed by atoms with Gasteiger partial charge in [0.05, 0.1) is 30.4 Å². The molecule has 29 heavy (non-hydrogen) atoms. The second kappa shape index (κ2) is 6.84. The van der Waals surface area contributed by atoms with Gasteiger partial charge < -0.3 is 14.0 Å². The number of fused-ring (bicyclic) bond motifs is 3. The quantitative estimate of drug-likeness (QED) is 0.381. The minimum absolute atomic E-state index is 0.0234. The van der Waals surface area contributed by atoms with Crippen LogP contribution in [0.2, 0.25) is 0 Å². The maximum Gasteiger partial charge on any atom is 0.299 e. The molecule has 0 aliphatic carbocycles. The van der Waals surface area contributed by atoms with Crippen molar-refractivity contribution in [2.45, 2.75) is 26.3 Å². The summed E-state index contributed by atoms with van der Waals surface area (Å²) in [7, 11) is 2.67. The number of unbranched alkanes of at least 4 members (excludes halogenated alkanes) is 1. The zero-order valence-corrected chi connectivity index (χ0v) is 16.3. The third kappa shape index (κ3) is 2.43. The van der Waals surface area contributed by atoms with E-state index in [0.717, 1.165) is 6.42 Å². The van der Waals surface area contributed by atoms with Crippen LogP contribution in [0.15, 0.2) is 43.4 Å². The lowest BCUT2D eigenvalue weighted by molar-refractivity contribution is 0.415. The molecular formula is C22H19NO6. The molecule has 0 fully saturated rings. The van der Waals surface area contributed by atoms with Gasteiger partial charge in [0.2, 0.25) is 0 Å². The first-order chi connectivity index (χ1) is 14.0. The van der Waals surface area contributed by atoms with Crippen molar-refractivity contribution in [2.75, 3.05) is 14.2 Å². The topological polar surface area (TPSA) is 91.7 Å². The van der Waals surface area contributed by atoms with Gasteiger partial charge in [-0.15, -0.1) is 0 Å². The number of aryl methyl sites for hydroxylation is 1. The lowest BCUT2D eigenvalue weighted by Crippen LogP contribution is -2.27. The van der Waals surface area contributed by atoms with Crippen LogP contribution < -0.4 is 31.3 Å². The van der Waals surface area contributed by atoms with Crippen LogP contribution in [0.25, 0.3) is 32.4 Å². The maximum absolute atomic E-state index is 13.3. The number of benzene rings is 3. The summed E-state index contributed by atoms with van der Waals surface area (Å²) >= 11 is 0. The van der Waals surface area contributed by atoms with Gasteiger partial charge in [0.25, 0.3) is 11.0 Å². The summed E-state index contributed by atoms with van der Waals surface area (Å²) in [5, 5.41) is 0.441. The van der Waals surface area contributed by atoms with E-state index in [0.29, 0.717) is 13.0 Å². The van der Waals surface area contributed by atoms with Crippen LogP contribution in [-0.2, 0) is 6.54 Å². The van der Waals surface area contributed by atoms with Crippen molar-refractivity contribution in [3.05, 3.63) is 65.3 Å². The molecule has 0 atom stereocenters. The van der Waals surface area contributed by atoms with Gasteiger partial charge in [-0.25, -0.2) is 0 Å². The highest BCUT2D eigenvalue weighted by Crippen LogP contribution is 2.38. The van der Waals surface area contributed by atoms with Gasteiger partial charge in [-0.05, 0) is 6.42 Å². The summed E-state index contributed by atoms with van der Waals surface area (Å²) in [5.74, 6) is -0.0000392. The first-order valence-electron chi connectivity index (χ1n) is 9.34. The van der Waals surface area contributed by atoms with Crippen LogP contribution in [0, 0.1) is 0 Å². The molecule has 7 nitrogen and oxygen atoms in total. The summed E-state index contributed by atoms with van der Waals surface area (Å²) in [5.41, 5.74) is -2.14. The Hall–Kier alpha value is -3.48. The predicted octanol–water partition coefficient (Wildman–Crippen LogP) is 2.08. The number of ether oxygens (including phenoxy) is 2. The molecule has 0 amide bonds. The lowest BCUT2D eigenvalue weighted by atomic mass is 9.98. The van der Waals surface area contributed by atoms with E-state index in [1.165, 1.54) is 18.8 Å². The monoisotopic (exact) mass is 393 g/mol. The fourth-order valence-corrected chi connectivity index (χ4v) is 4.00. The molecule has 3 aromatic carbocycles. The Morgan fingerprint density at radius 3 is 1.86 bits per heavy atom. The lowest BCUT2D eigenvalue weighted by Gasteiger charge is -2.14. The Bertz CT molecular complexity index is 1490. The van der Waals surface area contributed by atoms with Gasteiger partial charge in [0.1, 0.15) is 11.3 Å². The SMILES string of the molecule is CCCCn1c(=O)c(=O)c2c(OC)c3c(=O)c4ccccc4c(=O)c3c(OC)c21. The first kappa shape index (κ1) is 18.9. The van der Waals surface area contributed by atoms with Gasteiger partial charge in [0, 0.05) is 17.3 Å². The Labute approximate surface area is 164 Å². The standard InChI is InChI=1S/C22H19NO6/c1-4-5-10-23-16-15(19(26)22(23)27)20(28-2)13-14(21(16)29-3)18(25)12-9-7-6-8-11(12)17(13)24/h6-9H,4-5,10H2,1-3H3. The number of hydrogen-bond donors (Lipinski definition) is 0. The van der Waals surface area contributed by atoms with E-state index in [-0.39, 0.29) is 43.9 Å². The summed E-state index contributed by atoms with van der Waals surface area (Å²) in [6.07, 6.45) is 1.47. The fraction of sp³-hybridized carbons (Fsp3) is 0.273. The highest BCUT2D eigenvalue weighted by atomic mass is 16.5. The molecular weight excluding hydrogens is 374 g/mol. The summed E-state index contributed by atoms with van der Waals surface area (Å²) in [4.78, 5) is 52.1. The minimum Gasteiger partial charge on any atom is -0.495 e. The molecule has 7 heteroatoms. The highest BCUT2D eigenvalue weighted by molar-refractivity contribution is 6.13. The van der Waals surface area contributed by atoms with Crippen molar-refractivity contribution >= 4 is 32.4 Å². The molecule has 0 aliphatic heterocycles. The average Bonchev–Trinajstić information content (AvgIpc) is 2.99. The van der Waals surface area contributed by atoms with Crippen LogP contribution in [0.3, 0.4) is 0 Å². The van der Waals surface area contributed by atoms with Crippen LogP contribution in [0.1, 0.15) is 19.8 Å². The van der Waals surface area contributed by atoms with E-state index >= 15 is 0 Å². The molecule has 148 valence electrons. The summed E-state index contributed by atoms with van der Waals surface area (Å²) in [6, 6.07) is 6.46. The summed E-state index contributed by atoms with van der Waals surface area (Å²) < 4.78 is 12.3. The third-order valence-electron chi connectivity index (χ3n) is 5.33. The first-order valence-corrected chi connectivity index (χ1v) is 9.34. The van der Waals surface area contributed by atoms with Crippen LogP contribution in [-0.4, -0.2) is 18.8 Å². The number of rotatable bonds is 5. The Kier molecular flexibility index (Phi) is 4.45. The van der Waals surface area contributed by atoms with Gasteiger partial charge in [0.15, 0.2) is 16.6 Å². The zero-order valence-electron chi connectivity index (χ0n) is 16.3. The van der Waals surface area contributed by atoms with Crippen molar-refractivity contribution in [1.82, 2.24) is 4.57 Å². The summed E-state index contributed by atoms with van der Waals surface area (Å²) in [6.45, 7) is 2.26. The van der Waals surface area contributed by atoms with Crippen LogP contribution >= 0.6 is 0 Å². The number of methoxy groups -OCH3 is 2. The van der Waals surface area contributed by atoms with E-state index in [4.69, 9.17) is 9.47 Å². The van der Waals surface area contributed by atoms with Crippen molar-refractivity contribution in [1.29, 1.82) is 0 Å². The molecule has 4 rings (SSSR count).